The number of amides is 1. The lowest BCUT2D eigenvalue weighted by Crippen LogP contribution is -2.15. The van der Waals surface area contributed by atoms with Crippen LogP contribution < -0.4 is 5.32 Å². The summed E-state index contributed by atoms with van der Waals surface area (Å²) >= 11 is 6.12. The van der Waals surface area contributed by atoms with Gasteiger partial charge >= 0.3 is 0 Å². The summed E-state index contributed by atoms with van der Waals surface area (Å²) in [5.41, 5.74) is 2.06. The van der Waals surface area contributed by atoms with Gasteiger partial charge in [-0.15, -0.1) is 0 Å². The Morgan fingerprint density at radius 1 is 1.13 bits per heavy atom. The summed E-state index contributed by atoms with van der Waals surface area (Å²) in [5, 5.41) is 13.0. The highest BCUT2D eigenvalue weighted by Gasteiger charge is 2.19. The minimum Gasteiger partial charge on any atom is -0.459 e. The number of nitrogens with zero attached hydrogens (tertiary/aromatic N) is 6. The maximum absolute atomic E-state index is 12.4. The van der Waals surface area contributed by atoms with Gasteiger partial charge in [0.2, 0.25) is 0 Å². The first-order valence-electron chi connectivity index (χ1n) is 8.97. The Morgan fingerprint density at radius 3 is 2.83 bits per heavy atom. The van der Waals surface area contributed by atoms with Crippen molar-refractivity contribution in [2.24, 2.45) is 0 Å². The molecule has 4 heterocycles. The van der Waals surface area contributed by atoms with E-state index in [1.165, 1.54) is 12.6 Å². The second-order valence-corrected chi connectivity index (χ2v) is 6.92. The van der Waals surface area contributed by atoms with Crippen LogP contribution in [-0.2, 0) is 0 Å². The number of nitrogens with one attached hydrogen (secondary N) is 1. The second kappa shape index (κ2) is 7.12. The minimum absolute atomic E-state index is 0.196. The summed E-state index contributed by atoms with van der Waals surface area (Å²) in [4.78, 5) is 21.2. The summed E-state index contributed by atoms with van der Waals surface area (Å²) in [6.07, 6.45) is 4.52. The van der Waals surface area contributed by atoms with Gasteiger partial charge in [-0.2, -0.15) is 14.9 Å². The van der Waals surface area contributed by atoms with Crippen LogP contribution in [-0.4, -0.2) is 35.4 Å². The highest BCUT2D eigenvalue weighted by atomic mass is 35.5. The molecule has 1 amide bonds. The number of aromatic nitrogens is 6. The number of aryl methyl sites for hydroxylation is 1. The monoisotopic (exact) mass is 419 g/mol. The zero-order valence-electron chi connectivity index (χ0n) is 15.7. The largest absolute Gasteiger partial charge is 0.459 e. The Balaban J connectivity index is 1.60. The molecule has 0 aliphatic heterocycles. The SMILES string of the molecule is Cc1cc(NC(=O)c2ccco2)n(-c2ncnc3c2cnn3-c2cccc(Cl)c2)n1. The highest BCUT2D eigenvalue weighted by Crippen LogP contribution is 2.25. The van der Waals surface area contributed by atoms with Gasteiger partial charge in [-0.3, -0.25) is 4.79 Å². The van der Waals surface area contributed by atoms with Crippen LogP contribution in [0.5, 0.6) is 0 Å². The number of rotatable bonds is 4. The van der Waals surface area contributed by atoms with E-state index >= 15 is 0 Å². The van der Waals surface area contributed by atoms with Crippen LogP contribution in [0.3, 0.4) is 0 Å². The summed E-state index contributed by atoms with van der Waals surface area (Å²) < 4.78 is 8.38. The first-order valence-corrected chi connectivity index (χ1v) is 9.34. The van der Waals surface area contributed by atoms with Crippen molar-refractivity contribution in [1.82, 2.24) is 29.5 Å². The van der Waals surface area contributed by atoms with Crippen LogP contribution in [0.4, 0.5) is 5.82 Å². The first kappa shape index (κ1) is 18.1. The van der Waals surface area contributed by atoms with Crippen molar-refractivity contribution in [3.8, 4) is 11.5 Å². The molecular formula is C20H14ClN7O2. The third kappa shape index (κ3) is 3.11. The molecule has 4 aromatic heterocycles. The summed E-state index contributed by atoms with van der Waals surface area (Å²) in [5.74, 6) is 0.739. The van der Waals surface area contributed by atoms with E-state index in [9.17, 15) is 4.79 Å². The first-order chi connectivity index (χ1) is 14.6. The Morgan fingerprint density at radius 2 is 2.03 bits per heavy atom. The molecule has 0 spiro atoms. The van der Waals surface area contributed by atoms with E-state index in [4.69, 9.17) is 16.0 Å². The van der Waals surface area contributed by atoms with Crippen LogP contribution in [0.25, 0.3) is 22.5 Å². The van der Waals surface area contributed by atoms with E-state index in [1.807, 2.05) is 19.1 Å². The molecule has 0 bridgehead atoms. The number of fused-ring (bicyclic) bond motifs is 1. The Bertz CT molecular complexity index is 1370. The smallest absolute Gasteiger partial charge is 0.292 e. The maximum Gasteiger partial charge on any atom is 0.292 e. The lowest BCUT2D eigenvalue weighted by atomic mass is 10.3. The normalized spacial score (nSPS) is 11.1. The van der Waals surface area contributed by atoms with E-state index in [0.717, 1.165) is 5.69 Å². The molecule has 0 saturated heterocycles. The average molecular weight is 420 g/mol. The maximum atomic E-state index is 12.4. The lowest BCUT2D eigenvalue weighted by Gasteiger charge is -2.08. The van der Waals surface area contributed by atoms with E-state index in [2.05, 4.69) is 25.5 Å². The van der Waals surface area contributed by atoms with Gasteiger partial charge < -0.3 is 9.73 Å². The van der Waals surface area contributed by atoms with Crippen molar-refractivity contribution in [2.75, 3.05) is 5.32 Å². The molecule has 9 nitrogen and oxygen atoms in total. The van der Waals surface area contributed by atoms with Crippen LogP contribution >= 0.6 is 11.6 Å². The van der Waals surface area contributed by atoms with Gasteiger partial charge in [0.1, 0.15) is 12.1 Å². The molecule has 0 aliphatic rings. The fraction of sp³-hybridized carbons (Fsp3) is 0.0500. The molecule has 1 aromatic carbocycles. The van der Waals surface area contributed by atoms with Crippen LogP contribution in [0.15, 0.2) is 65.7 Å². The molecule has 1 N–H and O–H groups in total. The van der Waals surface area contributed by atoms with E-state index in [-0.39, 0.29) is 11.7 Å². The quantitative estimate of drug-likeness (QED) is 0.475. The molecule has 0 radical (unpaired) electrons. The van der Waals surface area contributed by atoms with Crippen molar-refractivity contribution in [2.45, 2.75) is 6.92 Å². The number of hydrogen-bond acceptors (Lipinski definition) is 6. The number of carbonyl (C=O) groups excluding carboxylic acids is 1. The highest BCUT2D eigenvalue weighted by molar-refractivity contribution is 6.30. The van der Waals surface area contributed by atoms with E-state index < -0.39 is 0 Å². The topological polar surface area (TPSA) is 104 Å². The third-order valence-electron chi connectivity index (χ3n) is 4.42. The molecule has 0 saturated carbocycles. The van der Waals surface area contributed by atoms with Gasteiger partial charge in [-0.25, -0.2) is 14.6 Å². The number of halogens is 1. The van der Waals surface area contributed by atoms with Gasteiger partial charge in [-0.05, 0) is 37.3 Å². The summed E-state index contributed by atoms with van der Waals surface area (Å²) in [6.45, 7) is 1.83. The Labute approximate surface area is 174 Å². The van der Waals surface area contributed by atoms with Gasteiger partial charge in [0.05, 0.1) is 29.2 Å². The molecule has 0 fully saturated rings. The number of anilines is 1. The zero-order chi connectivity index (χ0) is 20.7. The molecule has 0 atom stereocenters. The number of furan rings is 1. The van der Waals surface area contributed by atoms with E-state index in [1.54, 1.807) is 45.9 Å². The van der Waals surface area contributed by atoms with E-state index in [0.29, 0.717) is 33.4 Å². The average Bonchev–Trinajstić information content (AvgIpc) is 3.47. The van der Waals surface area contributed by atoms with Gasteiger partial charge in [-0.1, -0.05) is 17.7 Å². The summed E-state index contributed by atoms with van der Waals surface area (Å²) in [7, 11) is 0. The molecule has 0 aliphatic carbocycles. The van der Waals surface area contributed by atoms with Crippen molar-refractivity contribution in [3.05, 3.63) is 77.7 Å². The molecular weight excluding hydrogens is 406 g/mol. The number of carbonyl (C=O) groups is 1. The van der Waals surface area contributed by atoms with Crippen molar-refractivity contribution in [1.29, 1.82) is 0 Å². The van der Waals surface area contributed by atoms with Gasteiger partial charge in [0.25, 0.3) is 5.91 Å². The number of hydrogen-bond donors (Lipinski definition) is 1. The molecule has 0 unspecified atom stereocenters. The van der Waals surface area contributed by atoms with Gasteiger partial charge in [0, 0.05) is 11.1 Å². The fourth-order valence-electron chi connectivity index (χ4n) is 3.13. The third-order valence-corrected chi connectivity index (χ3v) is 4.65. The zero-order valence-corrected chi connectivity index (χ0v) is 16.4. The fourth-order valence-corrected chi connectivity index (χ4v) is 3.32. The van der Waals surface area contributed by atoms with Crippen LogP contribution in [0.1, 0.15) is 16.2 Å². The molecule has 148 valence electrons. The number of benzene rings is 1. The van der Waals surface area contributed by atoms with Gasteiger partial charge in [0.15, 0.2) is 17.2 Å². The van der Waals surface area contributed by atoms with Crippen molar-refractivity contribution >= 4 is 34.4 Å². The Kier molecular flexibility index (Phi) is 4.29. The lowest BCUT2D eigenvalue weighted by molar-refractivity contribution is 0.0996. The van der Waals surface area contributed by atoms with Crippen molar-refractivity contribution < 1.29 is 9.21 Å². The standard InChI is InChI=1S/C20H14ClN7O2/c1-12-8-17(25-20(29)16-6-3-7-30-16)28(26-12)19-15-10-24-27(18(15)22-11-23-19)14-5-2-4-13(21)9-14/h2-11H,1H3,(H,25,29). The summed E-state index contributed by atoms with van der Waals surface area (Å²) in [6, 6.07) is 12.3. The Hall–Kier alpha value is -3.98. The molecule has 5 aromatic rings. The molecule has 5 rings (SSSR count). The predicted molar refractivity (Wildman–Crippen MR) is 110 cm³/mol. The molecule has 30 heavy (non-hydrogen) atoms. The molecule has 10 heteroatoms. The minimum atomic E-state index is -0.388. The van der Waals surface area contributed by atoms with Crippen LogP contribution in [0.2, 0.25) is 5.02 Å². The van der Waals surface area contributed by atoms with Crippen LogP contribution in [0, 0.1) is 6.92 Å². The second-order valence-electron chi connectivity index (χ2n) is 6.48. The van der Waals surface area contributed by atoms with Crippen molar-refractivity contribution in [3.63, 3.8) is 0 Å². The predicted octanol–water partition coefficient (Wildman–Crippen LogP) is 3.81.